The lowest BCUT2D eigenvalue weighted by atomic mass is 10.2. The fourth-order valence-corrected chi connectivity index (χ4v) is 3.22. The van der Waals surface area contributed by atoms with Crippen molar-refractivity contribution >= 4 is 22.5 Å². The van der Waals surface area contributed by atoms with Crippen molar-refractivity contribution in [2.45, 2.75) is 19.6 Å². The lowest BCUT2D eigenvalue weighted by Crippen LogP contribution is -2.21. The van der Waals surface area contributed by atoms with Crippen molar-refractivity contribution in [2.24, 2.45) is 0 Å². The molecule has 10 heteroatoms. The summed E-state index contributed by atoms with van der Waals surface area (Å²) in [6.07, 6.45) is -3.06. The maximum absolute atomic E-state index is 13.7. The molecule has 0 spiro atoms. The SMILES string of the molecule is CCn1ccc2cc(NC(=O)c3nnn(-c4cccc(F)c4)c3C(F)(F)F)ccc21. The highest BCUT2D eigenvalue weighted by atomic mass is 19.4. The zero-order valence-corrected chi connectivity index (χ0v) is 15.6. The van der Waals surface area contributed by atoms with Crippen LogP contribution in [0.1, 0.15) is 23.1 Å². The van der Waals surface area contributed by atoms with Crippen LogP contribution in [0.2, 0.25) is 0 Å². The largest absolute Gasteiger partial charge is 0.435 e. The highest BCUT2D eigenvalue weighted by Gasteiger charge is 2.42. The van der Waals surface area contributed by atoms with Gasteiger partial charge in [-0.3, -0.25) is 4.79 Å². The summed E-state index contributed by atoms with van der Waals surface area (Å²) < 4.78 is 57.0. The molecule has 0 fully saturated rings. The van der Waals surface area contributed by atoms with Crippen LogP contribution in [0.25, 0.3) is 16.6 Å². The van der Waals surface area contributed by atoms with Gasteiger partial charge in [-0.2, -0.15) is 13.2 Å². The average Bonchev–Trinajstić information content (AvgIpc) is 3.32. The van der Waals surface area contributed by atoms with E-state index in [4.69, 9.17) is 0 Å². The molecule has 4 rings (SSSR count). The van der Waals surface area contributed by atoms with Gasteiger partial charge in [-0.25, -0.2) is 9.07 Å². The second kappa shape index (κ2) is 7.29. The summed E-state index contributed by atoms with van der Waals surface area (Å²) in [6.45, 7) is 2.74. The van der Waals surface area contributed by atoms with Gasteiger partial charge in [0.15, 0.2) is 11.4 Å². The van der Waals surface area contributed by atoms with E-state index in [1.54, 1.807) is 18.2 Å². The van der Waals surface area contributed by atoms with E-state index >= 15 is 0 Å². The van der Waals surface area contributed by atoms with Crippen molar-refractivity contribution in [1.29, 1.82) is 0 Å². The smallest absolute Gasteiger partial charge is 0.348 e. The first-order chi connectivity index (χ1) is 14.3. The molecule has 0 aliphatic rings. The van der Waals surface area contributed by atoms with Crippen molar-refractivity contribution in [3.8, 4) is 5.69 Å². The van der Waals surface area contributed by atoms with Crippen LogP contribution in [0.4, 0.5) is 23.2 Å². The number of aromatic nitrogens is 4. The minimum atomic E-state index is -4.94. The Bertz CT molecular complexity index is 1240. The standard InChI is InChI=1S/C20H15F4N5O/c1-2-28-9-8-12-10-14(6-7-16(12)28)25-19(30)17-18(20(22,23)24)29(27-26-17)15-5-3-4-13(21)11-15/h3-11H,2H2,1H3,(H,25,30). The maximum atomic E-state index is 13.7. The Kier molecular flexibility index (Phi) is 4.76. The number of aryl methyl sites for hydroxylation is 1. The van der Waals surface area contributed by atoms with E-state index in [2.05, 4.69) is 15.6 Å². The number of benzene rings is 2. The fraction of sp³-hybridized carbons (Fsp3) is 0.150. The number of alkyl halides is 3. The van der Waals surface area contributed by atoms with E-state index in [-0.39, 0.29) is 5.69 Å². The average molecular weight is 417 g/mol. The summed E-state index contributed by atoms with van der Waals surface area (Å²) in [4.78, 5) is 12.6. The number of hydrogen-bond donors (Lipinski definition) is 1. The van der Waals surface area contributed by atoms with Crippen molar-refractivity contribution < 1.29 is 22.4 Å². The van der Waals surface area contributed by atoms with Gasteiger partial charge in [0.1, 0.15) is 5.82 Å². The van der Waals surface area contributed by atoms with E-state index < -0.39 is 29.3 Å². The third-order valence-corrected chi connectivity index (χ3v) is 4.58. The topological polar surface area (TPSA) is 64.7 Å². The molecule has 0 saturated carbocycles. The van der Waals surface area contributed by atoms with E-state index in [0.717, 1.165) is 29.6 Å². The molecule has 0 unspecified atom stereocenters. The summed E-state index contributed by atoms with van der Waals surface area (Å²) in [6, 6.07) is 11.3. The fourth-order valence-electron chi connectivity index (χ4n) is 3.22. The van der Waals surface area contributed by atoms with Crippen LogP contribution in [-0.4, -0.2) is 25.5 Å². The monoisotopic (exact) mass is 417 g/mol. The highest BCUT2D eigenvalue weighted by Crippen LogP contribution is 2.33. The molecule has 4 aromatic rings. The van der Waals surface area contributed by atoms with Gasteiger partial charge in [-0.15, -0.1) is 5.10 Å². The van der Waals surface area contributed by atoms with Gasteiger partial charge >= 0.3 is 6.18 Å². The van der Waals surface area contributed by atoms with Crippen LogP contribution in [0.5, 0.6) is 0 Å². The predicted molar refractivity (Wildman–Crippen MR) is 102 cm³/mol. The van der Waals surface area contributed by atoms with Crippen LogP contribution in [-0.2, 0) is 12.7 Å². The number of hydrogen-bond acceptors (Lipinski definition) is 3. The second-order valence-corrected chi connectivity index (χ2v) is 6.51. The molecule has 0 atom stereocenters. The van der Waals surface area contributed by atoms with Crippen LogP contribution in [0, 0.1) is 5.82 Å². The first kappa shape index (κ1) is 19.6. The molecule has 1 amide bonds. The number of amides is 1. The second-order valence-electron chi connectivity index (χ2n) is 6.51. The predicted octanol–water partition coefficient (Wildman–Crippen LogP) is 4.65. The summed E-state index contributed by atoms with van der Waals surface area (Å²) in [5.41, 5.74) is -1.24. The van der Waals surface area contributed by atoms with Crippen molar-refractivity contribution in [3.63, 3.8) is 0 Å². The van der Waals surface area contributed by atoms with Crippen molar-refractivity contribution in [1.82, 2.24) is 19.6 Å². The molecule has 0 saturated heterocycles. The lowest BCUT2D eigenvalue weighted by molar-refractivity contribution is -0.143. The zero-order chi connectivity index (χ0) is 21.5. The number of anilines is 1. The van der Waals surface area contributed by atoms with E-state index in [1.165, 1.54) is 12.1 Å². The minimum Gasteiger partial charge on any atom is -0.348 e. The number of nitrogens with zero attached hydrogens (tertiary/aromatic N) is 4. The van der Waals surface area contributed by atoms with Crippen molar-refractivity contribution in [3.05, 3.63) is 71.9 Å². The van der Waals surface area contributed by atoms with Gasteiger partial charge in [-0.1, -0.05) is 11.3 Å². The lowest BCUT2D eigenvalue weighted by Gasteiger charge is -2.11. The first-order valence-electron chi connectivity index (χ1n) is 8.97. The zero-order valence-electron chi connectivity index (χ0n) is 15.6. The Morgan fingerprint density at radius 2 is 1.93 bits per heavy atom. The molecule has 2 aromatic carbocycles. The van der Waals surface area contributed by atoms with Gasteiger partial charge < -0.3 is 9.88 Å². The Morgan fingerprint density at radius 3 is 2.63 bits per heavy atom. The maximum Gasteiger partial charge on any atom is 0.435 e. The molecule has 0 aliphatic heterocycles. The molecule has 0 bridgehead atoms. The van der Waals surface area contributed by atoms with Crippen LogP contribution < -0.4 is 5.32 Å². The number of rotatable bonds is 4. The minimum absolute atomic E-state index is 0.198. The summed E-state index contributed by atoms with van der Waals surface area (Å²) in [5, 5.41) is 10.1. The third kappa shape index (κ3) is 3.51. The summed E-state index contributed by atoms with van der Waals surface area (Å²) >= 11 is 0. The molecule has 0 radical (unpaired) electrons. The Balaban J connectivity index is 1.70. The summed E-state index contributed by atoms with van der Waals surface area (Å²) in [7, 11) is 0. The molecular formula is C20H15F4N5O. The highest BCUT2D eigenvalue weighted by molar-refractivity contribution is 6.04. The van der Waals surface area contributed by atoms with E-state index in [1.807, 2.05) is 23.8 Å². The summed E-state index contributed by atoms with van der Waals surface area (Å²) in [5.74, 6) is -1.81. The molecule has 1 N–H and O–H groups in total. The molecule has 2 aromatic heterocycles. The molecule has 154 valence electrons. The van der Waals surface area contributed by atoms with Crippen LogP contribution in [0.3, 0.4) is 0 Å². The number of carbonyl (C=O) groups excluding carboxylic acids is 1. The van der Waals surface area contributed by atoms with Crippen molar-refractivity contribution in [2.75, 3.05) is 5.32 Å². The third-order valence-electron chi connectivity index (χ3n) is 4.58. The normalized spacial score (nSPS) is 11.8. The van der Waals surface area contributed by atoms with E-state index in [9.17, 15) is 22.4 Å². The molecular weight excluding hydrogens is 402 g/mol. The number of fused-ring (bicyclic) bond motifs is 1. The molecule has 30 heavy (non-hydrogen) atoms. The van der Waals surface area contributed by atoms with Gasteiger partial charge in [0.2, 0.25) is 0 Å². The van der Waals surface area contributed by atoms with Crippen LogP contribution >= 0.6 is 0 Å². The molecule has 0 aliphatic carbocycles. The van der Waals surface area contributed by atoms with Gasteiger partial charge in [0.05, 0.1) is 5.69 Å². The number of carbonyl (C=O) groups is 1. The number of nitrogens with one attached hydrogen (secondary N) is 1. The number of halogens is 4. The van der Waals surface area contributed by atoms with Crippen LogP contribution in [0.15, 0.2) is 54.7 Å². The van der Waals surface area contributed by atoms with E-state index in [0.29, 0.717) is 10.4 Å². The Morgan fingerprint density at radius 1 is 1.13 bits per heavy atom. The molecule has 2 heterocycles. The Labute approximate surface area is 167 Å². The Hall–Kier alpha value is -3.69. The van der Waals surface area contributed by atoms with Gasteiger partial charge in [0, 0.05) is 29.3 Å². The van der Waals surface area contributed by atoms with Gasteiger partial charge in [-0.05, 0) is 49.4 Å². The first-order valence-corrected chi connectivity index (χ1v) is 8.97. The quantitative estimate of drug-likeness (QED) is 0.492. The molecule has 6 nitrogen and oxygen atoms in total. The van der Waals surface area contributed by atoms with Gasteiger partial charge in [0.25, 0.3) is 5.91 Å².